The number of benzene rings is 1. The van der Waals surface area contributed by atoms with Gasteiger partial charge in [0.1, 0.15) is 17.8 Å². The molecule has 0 saturated carbocycles. The van der Waals surface area contributed by atoms with Gasteiger partial charge < -0.3 is 9.84 Å². The van der Waals surface area contributed by atoms with Crippen LogP contribution in [0.25, 0.3) is 0 Å². The summed E-state index contributed by atoms with van der Waals surface area (Å²) < 4.78 is 6.37. The highest BCUT2D eigenvalue weighted by molar-refractivity contribution is 14.1. The predicted molar refractivity (Wildman–Crippen MR) is 67.7 cm³/mol. The molecule has 0 radical (unpaired) electrons. The maximum Gasteiger partial charge on any atom is 0.235 e. The summed E-state index contributed by atoms with van der Waals surface area (Å²) >= 11 is 2.09. The van der Waals surface area contributed by atoms with Gasteiger partial charge in [-0.2, -0.15) is 0 Å². The minimum atomic E-state index is 0.180. The lowest BCUT2D eigenvalue weighted by atomic mass is 10.2. The van der Waals surface area contributed by atoms with Crippen molar-refractivity contribution in [3.05, 3.63) is 39.9 Å². The summed E-state index contributed by atoms with van der Waals surface area (Å²) in [5, 5.41) is 9.43. The Bertz CT molecular complexity index is 497. The molecule has 0 atom stereocenters. The van der Waals surface area contributed by atoms with Gasteiger partial charge in [0.25, 0.3) is 0 Å². The van der Waals surface area contributed by atoms with Gasteiger partial charge in [0.05, 0.1) is 3.57 Å². The first-order valence-corrected chi connectivity index (χ1v) is 5.67. The summed E-state index contributed by atoms with van der Waals surface area (Å²) in [6.07, 6.45) is 3.09. The third kappa shape index (κ3) is 2.60. The Morgan fingerprint density at radius 3 is 2.81 bits per heavy atom. The van der Waals surface area contributed by atoms with E-state index in [0.29, 0.717) is 11.6 Å². The van der Waals surface area contributed by atoms with E-state index in [9.17, 15) is 5.11 Å². The predicted octanol–water partition coefficient (Wildman–Crippen LogP) is 2.89. The zero-order chi connectivity index (χ0) is 11.5. The second-order valence-electron chi connectivity index (χ2n) is 3.28. The average Bonchev–Trinajstić information content (AvgIpc) is 2.20. The van der Waals surface area contributed by atoms with Crippen LogP contribution in [0.2, 0.25) is 0 Å². The molecule has 1 aromatic carbocycles. The zero-order valence-corrected chi connectivity index (χ0v) is 10.7. The number of aromatic nitrogens is 2. The first-order chi connectivity index (χ1) is 7.65. The molecule has 4 nitrogen and oxygen atoms in total. The molecule has 0 saturated heterocycles. The summed E-state index contributed by atoms with van der Waals surface area (Å²) in [6, 6.07) is 5.04. The van der Waals surface area contributed by atoms with E-state index in [1.807, 2.05) is 13.0 Å². The molecule has 82 valence electrons. The van der Waals surface area contributed by atoms with E-state index in [0.717, 1.165) is 9.13 Å². The zero-order valence-electron chi connectivity index (χ0n) is 8.51. The van der Waals surface area contributed by atoms with Gasteiger partial charge in [-0.1, -0.05) is 0 Å². The molecule has 2 aromatic rings. The molecule has 0 spiro atoms. The topological polar surface area (TPSA) is 55.2 Å². The van der Waals surface area contributed by atoms with Crippen molar-refractivity contribution in [3.63, 3.8) is 0 Å². The van der Waals surface area contributed by atoms with Gasteiger partial charge in [-0.25, -0.2) is 9.97 Å². The number of hydrogen-bond acceptors (Lipinski definition) is 4. The third-order valence-electron chi connectivity index (χ3n) is 1.88. The molecule has 5 heteroatoms. The standard InChI is InChI=1S/C11H9IN2O2/c1-7-2-8(15)4-9(3-7)16-11-10(12)5-13-6-14-11/h2-6,15H,1H3. The van der Waals surface area contributed by atoms with E-state index in [2.05, 4.69) is 32.6 Å². The fourth-order valence-electron chi connectivity index (χ4n) is 1.28. The highest BCUT2D eigenvalue weighted by Gasteiger charge is 2.05. The van der Waals surface area contributed by atoms with Gasteiger partial charge in [0, 0.05) is 12.3 Å². The van der Waals surface area contributed by atoms with Gasteiger partial charge in [0.2, 0.25) is 5.88 Å². The Morgan fingerprint density at radius 2 is 2.12 bits per heavy atom. The van der Waals surface area contributed by atoms with Crippen LogP contribution in [-0.4, -0.2) is 15.1 Å². The summed E-state index contributed by atoms with van der Waals surface area (Å²) in [5.74, 6) is 1.23. The van der Waals surface area contributed by atoms with Crippen LogP contribution in [-0.2, 0) is 0 Å². The minimum Gasteiger partial charge on any atom is -0.508 e. The molecule has 16 heavy (non-hydrogen) atoms. The van der Waals surface area contributed by atoms with Crippen LogP contribution in [0.15, 0.2) is 30.7 Å². The second kappa shape index (κ2) is 4.65. The van der Waals surface area contributed by atoms with Crippen molar-refractivity contribution in [2.24, 2.45) is 0 Å². The molecule has 0 fully saturated rings. The number of phenols is 1. The lowest BCUT2D eigenvalue weighted by Crippen LogP contribution is -1.92. The number of aromatic hydroxyl groups is 1. The molecule has 2 rings (SSSR count). The maximum absolute atomic E-state index is 9.43. The van der Waals surface area contributed by atoms with E-state index < -0.39 is 0 Å². The van der Waals surface area contributed by atoms with E-state index in [1.165, 1.54) is 6.33 Å². The van der Waals surface area contributed by atoms with Crippen LogP contribution >= 0.6 is 22.6 Å². The van der Waals surface area contributed by atoms with Crippen LogP contribution in [0.1, 0.15) is 5.56 Å². The number of phenolic OH excluding ortho intramolecular Hbond substituents is 1. The van der Waals surface area contributed by atoms with Gasteiger partial charge in [-0.3, -0.25) is 0 Å². The number of rotatable bonds is 2. The summed E-state index contributed by atoms with van der Waals surface area (Å²) in [7, 11) is 0. The lowest BCUT2D eigenvalue weighted by molar-refractivity contribution is 0.441. The van der Waals surface area contributed by atoms with Gasteiger partial charge >= 0.3 is 0 Å². The number of ether oxygens (including phenoxy) is 1. The van der Waals surface area contributed by atoms with E-state index in [4.69, 9.17) is 4.74 Å². The SMILES string of the molecule is Cc1cc(O)cc(Oc2ncncc2I)c1. The van der Waals surface area contributed by atoms with Crippen LogP contribution in [0.4, 0.5) is 0 Å². The molecule has 0 amide bonds. The Labute approximate surface area is 106 Å². The number of hydrogen-bond donors (Lipinski definition) is 1. The first-order valence-electron chi connectivity index (χ1n) is 4.59. The molecule has 0 aliphatic rings. The van der Waals surface area contributed by atoms with Crippen LogP contribution in [0.3, 0.4) is 0 Å². The van der Waals surface area contributed by atoms with Crippen molar-refractivity contribution in [1.82, 2.24) is 9.97 Å². The molecule has 0 aliphatic heterocycles. The second-order valence-corrected chi connectivity index (χ2v) is 4.44. The minimum absolute atomic E-state index is 0.180. The van der Waals surface area contributed by atoms with Gasteiger partial charge in [-0.15, -0.1) is 0 Å². The first kappa shape index (κ1) is 11.1. The Balaban J connectivity index is 2.30. The van der Waals surface area contributed by atoms with Crippen molar-refractivity contribution in [2.75, 3.05) is 0 Å². The summed E-state index contributed by atoms with van der Waals surface area (Å²) in [4.78, 5) is 7.88. The molecule has 1 N–H and O–H groups in total. The Morgan fingerprint density at radius 1 is 1.31 bits per heavy atom. The van der Waals surface area contributed by atoms with Crippen LogP contribution in [0.5, 0.6) is 17.4 Å². The molecule has 0 unspecified atom stereocenters. The van der Waals surface area contributed by atoms with E-state index >= 15 is 0 Å². The van der Waals surface area contributed by atoms with Crippen molar-refractivity contribution >= 4 is 22.6 Å². The van der Waals surface area contributed by atoms with Crippen LogP contribution < -0.4 is 4.74 Å². The fraction of sp³-hybridized carbons (Fsp3) is 0.0909. The number of nitrogens with zero attached hydrogens (tertiary/aromatic N) is 2. The average molecular weight is 328 g/mol. The van der Waals surface area contributed by atoms with E-state index in [1.54, 1.807) is 18.3 Å². The van der Waals surface area contributed by atoms with E-state index in [-0.39, 0.29) is 5.75 Å². The largest absolute Gasteiger partial charge is 0.508 e. The number of aryl methyl sites for hydroxylation is 1. The van der Waals surface area contributed by atoms with Crippen LogP contribution in [0, 0.1) is 10.5 Å². The number of halogens is 1. The Kier molecular flexibility index (Phi) is 3.23. The van der Waals surface area contributed by atoms with Gasteiger partial charge in [0.15, 0.2) is 0 Å². The lowest BCUT2D eigenvalue weighted by Gasteiger charge is -2.07. The molecular formula is C11H9IN2O2. The third-order valence-corrected chi connectivity index (χ3v) is 2.62. The fourth-order valence-corrected chi connectivity index (χ4v) is 1.69. The van der Waals surface area contributed by atoms with Gasteiger partial charge in [-0.05, 0) is 47.2 Å². The smallest absolute Gasteiger partial charge is 0.235 e. The maximum atomic E-state index is 9.43. The summed E-state index contributed by atoms with van der Waals surface area (Å²) in [6.45, 7) is 1.89. The molecule has 0 aliphatic carbocycles. The van der Waals surface area contributed by atoms with Crippen molar-refractivity contribution < 1.29 is 9.84 Å². The quantitative estimate of drug-likeness (QED) is 0.862. The summed E-state index contributed by atoms with van der Waals surface area (Å²) in [5.41, 5.74) is 0.930. The monoisotopic (exact) mass is 328 g/mol. The highest BCUT2D eigenvalue weighted by atomic mass is 127. The molecule has 1 aromatic heterocycles. The molecule has 1 heterocycles. The normalized spacial score (nSPS) is 10.1. The van der Waals surface area contributed by atoms with Crippen molar-refractivity contribution in [3.8, 4) is 17.4 Å². The molecular weight excluding hydrogens is 319 g/mol. The Hall–Kier alpha value is -1.37. The van der Waals surface area contributed by atoms with Crippen molar-refractivity contribution in [2.45, 2.75) is 6.92 Å². The van der Waals surface area contributed by atoms with Crippen molar-refractivity contribution in [1.29, 1.82) is 0 Å². The highest BCUT2D eigenvalue weighted by Crippen LogP contribution is 2.27. The molecule has 0 bridgehead atoms.